The van der Waals surface area contributed by atoms with E-state index in [9.17, 15) is 18.0 Å². The van der Waals surface area contributed by atoms with Crippen LogP contribution in [0.2, 0.25) is 0 Å². The summed E-state index contributed by atoms with van der Waals surface area (Å²) in [5, 5.41) is 5.89. The van der Waals surface area contributed by atoms with E-state index in [0.29, 0.717) is 6.54 Å². The third-order valence-electron chi connectivity index (χ3n) is 3.17. The highest BCUT2D eigenvalue weighted by Crippen LogP contribution is 2.18. The lowest BCUT2D eigenvalue weighted by molar-refractivity contribution is -0.153. The molecule has 1 fully saturated rings. The molecule has 1 atom stereocenters. The number of hydrogen-bond donors (Lipinski definition) is 2. The Morgan fingerprint density at radius 2 is 2.00 bits per heavy atom. The first-order valence-electron chi connectivity index (χ1n) is 6.74. The Morgan fingerprint density at radius 1 is 1.32 bits per heavy atom. The van der Waals surface area contributed by atoms with Gasteiger partial charge >= 0.3 is 6.18 Å². The van der Waals surface area contributed by atoms with Crippen LogP contribution in [0.3, 0.4) is 0 Å². The van der Waals surface area contributed by atoms with Crippen molar-refractivity contribution in [3.63, 3.8) is 0 Å². The van der Waals surface area contributed by atoms with Gasteiger partial charge in [-0.15, -0.1) is 12.4 Å². The summed E-state index contributed by atoms with van der Waals surface area (Å²) in [4.78, 5) is 11.8. The fraction of sp³-hybridized carbons (Fsp3) is 0.500. The van der Waals surface area contributed by atoms with E-state index in [0.717, 1.165) is 24.9 Å². The Balaban J connectivity index is 0.00000242. The van der Waals surface area contributed by atoms with Gasteiger partial charge in [-0.1, -0.05) is 12.1 Å². The third-order valence-corrected chi connectivity index (χ3v) is 3.17. The van der Waals surface area contributed by atoms with Crippen molar-refractivity contribution >= 4 is 18.3 Å². The minimum absolute atomic E-state index is 0. The molecule has 1 aromatic carbocycles. The summed E-state index contributed by atoms with van der Waals surface area (Å²) in [6.07, 6.45) is -2.53. The van der Waals surface area contributed by atoms with Crippen LogP contribution >= 0.6 is 12.4 Å². The zero-order valence-electron chi connectivity index (χ0n) is 11.8. The van der Waals surface area contributed by atoms with Crippen molar-refractivity contribution in [2.24, 2.45) is 0 Å². The average Bonchev–Trinajstić information content (AvgIpc) is 2.97. The van der Waals surface area contributed by atoms with Gasteiger partial charge < -0.3 is 15.4 Å². The van der Waals surface area contributed by atoms with Gasteiger partial charge in [0, 0.05) is 6.54 Å². The molecule has 124 valence electrons. The second-order valence-electron chi connectivity index (χ2n) is 4.91. The molecular formula is C14H18ClF3N2O2. The SMILES string of the molecule is Cl.O=C(NCc1ccc(OCC(F)(F)F)cc1)[C@@H]1CCCN1. The van der Waals surface area contributed by atoms with Gasteiger partial charge in [0.25, 0.3) is 0 Å². The van der Waals surface area contributed by atoms with E-state index in [-0.39, 0.29) is 30.1 Å². The van der Waals surface area contributed by atoms with Crippen LogP contribution < -0.4 is 15.4 Å². The standard InChI is InChI=1S/C14H17F3N2O2.ClH/c15-14(16,17)9-21-11-5-3-10(4-6-11)8-19-13(20)12-2-1-7-18-12;/h3-6,12,18H,1-2,7-9H2,(H,19,20);1H/t12-;/m0./s1. The third kappa shape index (κ3) is 6.11. The molecule has 2 rings (SSSR count). The zero-order valence-corrected chi connectivity index (χ0v) is 12.6. The second-order valence-corrected chi connectivity index (χ2v) is 4.91. The van der Waals surface area contributed by atoms with Gasteiger partial charge in [-0.05, 0) is 37.1 Å². The molecule has 1 aliphatic rings. The van der Waals surface area contributed by atoms with Gasteiger partial charge in [0.1, 0.15) is 5.75 Å². The monoisotopic (exact) mass is 338 g/mol. The molecule has 1 heterocycles. The Kier molecular flexibility index (Phi) is 6.96. The smallest absolute Gasteiger partial charge is 0.422 e. The van der Waals surface area contributed by atoms with E-state index in [1.807, 2.05) is 0 Å². The number of carbonyl (C=O) groups excluding carboxylic acids is 1. The summed E-state index contributed by atoms with van der Waals surface area (Å²) in [5.74, 6) is 0.102. The Bertz CT molecular complexity index is 474. The fourth-order valence-electron chi connectivity index (χ4n) is 2.09. The number of hydrogen-bond acceptors (Lipinski definition) is 3. The summed E-state index contributed by atoms with van der Waals surface area (Å²) in [6, 6.07) is 6.05. The molecule has 0 aliphatic carbocycles. The topological polar surface area (TPSA) is 50.4 Å². The second kappa shape index (κ2) is 8.24. The molecule has 8 heteroatoms. The molecule has 0 unspecified atom stereocenters. The van der Waals surface area contributed by atoms with Crippen LogP contribution in [-0.2, 0) is 11.3 Å². The van der Waals surface area contributed by atoms with Gasteiger partial charge in [0.05, 0.1) is 6.04 Å². The minimum atomic E-state index is -4.35. The minimum Gasteiger partial charge on any atom is -0.484 e. The molecular weight excluding hydrogens is 321 g/mol. The van der Waals surface area contributed by atoms with E-state index in [2.05, 4.69) is 15.4 Å². The molecule has 1 saturated heterocycles. The summed E-state index contributed by atoms with van der Waals surface area (Å²) in [7, 11) is 0. The molecule has 0 aromatic heterocycles. The van der Waals surface area contributed by atoms with Gasteiger partial charge in [-0.2, -0.15) is 13.2 Å². The van der Waals surface area contributed by atoms with Gasteiger partial charge in [0.2, 0.25) is 5.91 Å². The molecule has 0 spiro atoms. The largest absolute Gasteiger partial charge is 0.484 e. The summed E-state index contributed by atoms with van der Waals surface area (Å²) < 4.78 is 40.6. The number of amides is 1. The molecule has 0 saturated carbocycles. The number of rotatable bonds is 5. The first-order valence-corrected chi connectivity index (χ1v) is 6.74. The van der Waals surface area contributed by atoms with E-state index in [4.69, 9.17) is 0 Å². The van der Waals surface area contributed by atoms with Crippen LogP contribution in [0.4, 0.5) is 13.2 Å². The van der Waals surface area contributed by atoms with Gasteiger partial charge in [-0.25, -0.2) is 0 Å². The van der Waals surface area contributed by atoms with Crippen LogP contribution in [0.1, 0.15) is 18.4 Å². The Labute approximate surface area is 132 Å². The first kappa shape index (κ1) is 18.6. The quantitative estimate of drug-likeness (QED) is 0.867. The van der Waals surface area contributed by atoms with E-state index >= 15 is 0 Å². The highest BCUT2D eigenvalue weighted by Gasteiger charge is 2.28. The maximum Gasteiger partial charge on any atom is 0.422 e. The summed E-state index contributed by atoms with van der Waals surface area (Å²) >= 11 is 0. The number of halogens is 4. The van der Waals surface area contributed by atoms with E-state index in [1.54, 1.807) is 12.1 Å². The maximum atomic E-state index is 12.0. The first-order chi connectivity index (χ1) is 9.94. The van der Waals surface area contributed by atoms with Gasteiger partial charge in [-0.3, -0.25) is 4.79 Å². The van der Waals surface area contributed by atoms with Crippen LogP contribution in [-0.4, -0.2) is 31.3 Å². The molecule has 0 bridgehead atoms. The molecule has 22 heavy (non-hydrogen) atoms. The van der Waals surface area contributed by atoms with E-state index in [1.165, 1.54) is 12.1 Å². The number of carbonyl (C=O) groups is 1. The summed E-state index contributed by atoms with van der Waals surface area (Å²) in [6.45, 7) is -0.115. The predicted molar refractivity (Wildman–Crippen MR) is 78.1 cm³/mol. The molecule has 2 N–H and O–H groups in total. The number of alkyl halides is 3. The molecule has 0 radical (unpaired) electrons. The zero-order chi connectivity index (χ0) is 15.3. The normalized spacial score (nSPS) is 17.7. The molecule has 1 aromatic rings. The van der Waals surface area contributed by atoms with Crippen LogP contribution in [0, 0.1) is 0 Å². The van der Waals surface area contributed by atoms with Crippen LogP contribution in [0.25, 0.3) is 0 Å². The number of benzene rings is 1. The van der Waals surface area contributed by atoms with Crippen molar-refractivity contribution in [2.45, 2.75) is 31.6 Å². The maximum absolute atomic E-state index is 12.0. The lowest BCUT2D eigenvalue weighted by atomic mass is 10.2. The van der Waals surface area contributed by atoms with Crippen molar-refractivity contribution in [1.82, 2.24) is 10.6 Å². The predicted octanol–water partition coefficient (Wildman–Crippen LogP) is 2.42. The number of nitrogens with one attached hydrogen (secondary N) is 2. The Hall–Kier alpha value is -1.47. The lowest BCUT2D eigenvalue weighted by Crippen LogP contribution is -2.39. The number of ether oxygens (including phenoxy) is 1. The molecule has 1 aliphatic heterocycles. The van der Waals surface area contributed by atoms with Crippen molar-refractivity contribution in [1.29, 1.82) is 0 Å². The van der Waals surface area contributed by atoms with Crippen molar-refractivity contribution < 1.29 is 22.7 Å². The Morgan fingerprint density at radius 3 is 2.55 bits per heavy atom. The van der Waals surface area contributed by atoms with Crippen LogP contribution in [0.15, 0.2) is 24.3 Å². The van der Waals surface area contributed by atoms with Crippen molar-refractivity contribution in [3.05, 3.63) is 29.8 Å². The van der Waals surface area contributed by atoms with E-state index < -0.39 is 12.8 Å². The van der Waals surface area contributed by atoms with Crippen molar-refractivity contribution in [3.8, 4) is 5.75 Å². The molecule has 1 amide bonds. The summed E-state index contributed by atoms with van der Waals surface area (Å²) in [5.41, 5.74) is 0.806. The lowest BCUT2D eigenvalue weighted by Gasteiger charge is -2.12. The average molecular weight is 339 g/mol. The fourth-order valence-corrected chi connectivity index (χ4v) is 2.09. The van der Waals surface area contributed by atoms with Gasteiger partial charge in [0.15, 0.2) is 6.61 Å². The van der Waals surface area contributed by atoms with Crippen molar-refractivity contribution in [2.75, 3.05) is 13.2 Å². The molecule has 4 nitrogen and oxygen atoms in total. The van der Waals surface area contributed by atoms with Crippen LogP contribution in [0.5, 0.6) is 5.75 Å². The highest BCUT2D eigenvalue weighted by molar-refractivity contribution is 5.85. The highest BCUT2D eigenvalue weighted by atomic mass is 35.5.